The van der Waals surface area contributed by atoms with Crippen LogP contribution < -0.4 is 18.9 Å². The minimum atomic E-state index is -7.41. The van der Waals surface area contributed by atoms with Crippen LogP contribution in [-0.2, 0) is 10.1 Å². The Hall–Kier alpha value is -0.123. The van der Waals surface area contributed by atoms with Gasteiger partial charge in [-0.05, 0) is 6.42 Å². The van der Waals surface area contributed by atoms with Crippen molar-refractivity contribution in [1.82, 2.24) is 0 Å². The van der Waals surface area contributed by atoms with Crippen molar-refractivity contribution in [3.05, 3.63) is 0 Å². The fraction of sp³-hybridized carbons (Fsp3) is 1.00. The van der Waals surface area contributed by atoms with E-state index in [0.717, 1.165) is 0 Å². The normalized spacial score (nSPS) is 16.3. The summed E-state index contributed by atoms with van der Waals surface area (Å²) in [6.45, 7) is 0.523. The molecule has 0 aromatic rings. The van der Waals surface area contributed by atoms with Crippen molar-refractivity contribution in [2.45, 2.75) is 42.5 Å². The van der Waals surface area contributed by atoms with Gasteiger partial charge in [0.25, 0.3) is 0 Å². The SMILES string of the molecule is CCC(F)C(F)(F)C(F)(F)C(F)(F)C(F)(F)S(=O)(=O)[O-].[Li+]. The van der Waals surface area contributed by atoms with Gasteiger partial charge in [0.15, 0.2) is 16.3 Å². The molecular weight excluding hydrogens is 342 g/mol. The summed E-state index contributed by atoms with van der Waals surface area (Å²) in [5.74, 6) is -20.8. The van der Waals surface area contributed by atoms with Gasteiger partial charge >= 0.3 is 41.9 Å². The van der Waals surface area contributed by atoms with E-state index >= 15 is 0 Å². The van der Waals surface area contributed by atoms with E-state index in [-0.39, 0.29) is 18.9 Å². The molecule has 122 valence electrons. The van der Waals surface area contributed by atoms with Gasteiger partial charge in [-0.3, -0.25) is 0 Å². The van der Waals surface area contributed by atoms with Gasteiger partial charge < -0.3 is 4.55 Å². The van der Waals surface area contributed by atoms with Crippen LogP contribution in [0.25, 0.3) is 0 Å². The maximum absolute atomic E-state index is 12.8. The number of hydrogen-bond donors (Lipinski definition) is 0. The maximum atomic E-state index is 12.8. The molecule has 0 aromatic heterocycles. The first kappa shape index (κ1) is 23.1. The third-order valence-corrected chi connectivity index (χ3v) is 3.13. The van der Waals surface area contributed by atoms with E-state index in [1.54, 1.807) is 0 Å². The first-order chi connectivity index (χ1) is 8.48. The van der Waals surface area contributed by atoms with Crippen molar-refractivity contribution in [3.8, 4) is 0 Å². The Morgan fingerprint density at radius 3 is 1.52 bits per heavy atom. The first-order valence-corrected chi connectivity index (χ1v) is 6.00. The Morgan fingerprint density at radius 1 is 0.952 bits per heavy atom. The van der Waals surface area contributed by atoms with Gasteiger partial charge in [-0.15, -0.1) is 0 Å². The van der Waals surface area contributed by atoms with Gasteiger partial charge in [-0.2, -0.15) is 35.1 Å². The first-order valence-electron chi connectivity index (χ1n) is 4.59. The monoisotopic (exact) mass is 348 g/mol. The molecule has 0 saturated heterocycles. The van der Waals surface area contributed by atoms with Gasteiger partial charge in [0.05, 0.1) is 0 Å². The zero-order valence-electron chi connectivity index (χ0n) is 10.3. The number of rotatable bonds is 6. The summed E-state index contributed by atoms with van der Waals surface area (Å²) in [6, 6.07) is 0. The summed E-state index contributed by atoms with van der Waals surface area (Å²) in [6.07, 6.45) is -5.41. The predicted molar refractivity (Wildman–Crippen MR) is 44.7 cm³/mol. The zero-order valence-corrected chi connectivity index (χ0v) is 11.1. The molecule has 0 radical (unpaired) electrons. The van der Waals surface area contributed by atoms with Crippen LogP contribution in [0.5, 0.6) is 0 Å². The Labute approximate surface area is 124 Å². The van der Waals surface area contributed by atoms with Crippen molar-refractivity contribution in [1.29, 1.82) is 0 Å². The number of alkyl halides is 9. The molecule has 0 saturated carbocycles. The molecule has 0 aliphatic carbocycles. The number of halogens is 9. The summed E-state index contributed by atoms with van der Waals surface area (Å²) < 4.78 is 144. The molecule has 0 rings (SSSR count). The van der Waals surface area contributed by atoms with Crippen LogP contribution in [0, 0.1) is 0 Å². The minimum Gasteiger partial charge on any atom is -0.743 e. The fourth-order valence-electron chi connectivity index (χ4n) is 1.00. The van der Waals surface area contributed by atoms with Gasteiger partial charge in [-0.1, -0.05) is 6.92 Å². The van der Waals surface area contributed by atoms with Crippen LogP contribution in [0.2, 0.25) is 0 Å². The third-order valence-electron chi connectivity index (χ3n) is 2.24. The van der Waals surface area contributed by atoms with Gasteiger partial charge in [-0.25, -0.2) is 12.8 Å². The summed E-state index contributed by atoms with van der Waals surface area (Å²) in [5, 5.41) is -7.06. The molecule has 3 nitrogen and oxygen atoms in total. The van der Waals surface area contributed by atoms with E-state index in [2.05, 4.69) is 0 Å². The van der Waals surface area contributed by atoms with E-state index < -0.39 is 45.7 Å². The predicted octanol–water partition coefficient (Wildman–Crippen LogP) is -0.218. The Morgan fingerprint density at radius 2 is 1.29 bits per heavy atom. The van der Waals surface area contributed by atoms with Crippen LogP contribution >= 0.6 is 0 Å². The molecule has 0 amide bonds. The Balaban J connectivity index is 0. The summed E-state index contributed by atoms with van der Waals surface area (Å²) in [4.78, 5) is 0. The van der Waals surface area contributed by atoms with Crippen LogP contribution in [0.1, 0.15) is 13.3 Å². The van der Waals surface area contributed by atoms with Gasteiger partial charge in [0, 0.05) is 0 Å². The molecule has 0 heterocycles. The second kappa shape index (κ2) is 6.17. The Kier molecular flexibility index (Phi) is 6.80. The molecule has 0 N–H and O–H groups in total. The smallest absolute Gasteiger partial charge is 0.743 e. The van der Waals surface area contributed by atoms with Crippen LogP contribution in [-0.4, -0.2) is 42.2 Å². The van der Waals surface area contributed by atoms with Crippen molar-refractivity contribution in [3.63, 3.8) is 0 Å². The molecule has 0 aliphatic heterocycles. The molecule has 0 aliphatic rings. The van der Waals surface area contributed by atoms with E-state index in [9.17, 15) is 52.5 Å². The average Bonchev–Trinajstić information content (AvgIpc) is 2.25. The minimum absolute atomic E-state index is 0. The van der Waals surface area contributed by atoms with Crippen molar-refractivity contribution < 1.29 is 71.3 Å². The van der Waals surface area contributed by atoms with E-state index in [0.29, 0.717) is 6.92 Å². The van der Waals surface area contributed by atoms with Crippen LogP contribution in [0.4, 0.5) is 39.5 Å². The second-order valence-electron chi connectivity index (χ2n) is 3.62. The van der Waals surface area contributed by atoms with Crippen molar-refractivity contribution >= 4 is 10.1 Å². The summed E-state index contributed by atoms with van der Waals surface area (Å²) >= 11 is 0. The molecule has 21 heavy (non-hydrogen) atoms. The topological polar surface area (TPSA) is 57.2 Å². The molecule has 1 atom stereocenters. The second-order valence-corrected chi connectivity index (χ2v) is 5.04. The quantitative estimate of drug-likeness (QED) is 0.379. The van der Waals surface area contributed by atoms with Crippen molar-refractivity contribution in [2.75, 3.05) is 0 Å². The van der Waals surface area contributed by atoms with Gasteiger partial charge in [0.1, 0.15) is 0 Å². The van der Waals surface area contributed by atoms with E-state index in [1.165, 1.54) is 0 Å². The van der Waals surface area contributed by atoms with Crippen LogP contribution in [0.15, 0.2) is 0 Å². The van der Waals surface area contributed by atoms with Gasteiger partial charge in [0.2, 0.25) is 0 Å². The van der Waals surface area contributed by atoms with E-state index in [1.807, 2.05) is 0 Å². The molecule has 14 heteroatoms. The van der Waals surface area contributed by atoms with Crippen molar-refractivity contribution in [2.24, 2.45) is 0 Å². The molecule has 0 fully saturated rings. The summed E-state index contributed by atoms with van der Waals surface area (Å²) in [5.41, 5.74) is 0. The number of hydrogen-bond acceptors (Lipinski definition) is 3. The maximum Gasteiger partial charge on any atom is 1.00 e. The molecule has 0 bridgehead atoms. The Bertz CT molecular complexity index is 464. The summed E-state index contributed by atoms with van der Waals surface area (Å²) in [7, 11) is -7.41. The average molecular weight is 348 g/mol. The van der Waals surface area contributed by atoms with Crippen LogP contribution in [0.3, 0.4) is 0 Å². The third kappa shape index (κ3) is 3.30. The molecule has 0 spiro atoms. The molecule has 0 aromatic carbocycles. The zero-order chi connectivity index (χ0) is 16.8. The largest absolute Gasteiger partial charge is 1.00 e. The molecular formula is C7H6F9LiO3S. The molecule has 1 unspecified atom stereocenters. The standard InChI is InChI=1S/C7H7F9O3S.Li/c1-2-3(8)4(9,10)5(11,12)6(13,14)7(15,16)20(17,18)19;/h3H,2H2,1H3,(H,17,18,19);/q;+1/p-1. The van der Waals surface area contributed by atoms with E-state index in [4.69, 9.17) is 0 Å². The fourth-order valence-corrected chi connectivity index (χ4v) is 1.44.